The number of anilines is 1. The summed E-state index contributed by atoms with van der Waals surface area (Å²) in [5.74, 6) is 0. The molecule has 1 aliphatic rings. The van der Waals surface area contributed by atoms with Crippen molar-refractivity contribution in [2.45, 2.75) is 10.9 Å². The number of hydrogen-bond acceptors (Lipinski definition) is 5. The molecule has 0 saturated carbocycles. The van der Waals surface area contributed by atoms with E-state index in [-0.39, 0.29) is 30.3 Å². The summed E-state index contributed by atoms with van der Waals surface area (Å²) in [5, 5.41) is 9.27. The smallest absolute Gasteiger partial charge is 0.245 e. The number of rotatable bonds is 3. The lowest BCUT2D eigenvalue weighted by atomic mass is 10.3. The van der Waals surface area contributed by atoms with Gasteiger partial charge in [-0.25, -0.2) is 8.42 Å². The minimum absolute atomic E-state index is 0.0437. The number of hydrogen-bond donors (Lipinski definition) is 2. The number of ether oxygens (including phenoxy) is 1. The van der Waals surface area contributed by atoms with Gasteiger partial charge in [-0.2, -0.15) is 4.31 Å². The van der Waals surface area contributed by atoms with Crippen LogP contribution in [0, 0.1) is 0 Å². The van der Waals surface area contributed by atoms with Crippen molar-refractivity contribution in [2.24, 2.45) is 0 Å². The molecule has 19 heavy (non-hydrogen) atoms. The molecule has 1 heterocycles. The Morgan fingerprint density at radius 3 is 2.95 bits per heavy atom. The molecule has 1 aliphatic heterocycles. The van der Waals surface area contributed by atoms with Gasteiger partial charge in [0.25, 0.3) is 0 Å². The maximum Gasteiger partial charge on any atom is 0.245 e. The van der Waals surface area contributed by atoms with Gasteiger partial charge in [-0.1, -0.05) is 15.9 Å². The quantitative estimate of drug-likeness (QED) is 0.770. The number of benzene rings is 1. The molecule has 1 atom stereocenters. The summed E-state index contributed by atoms with van der Waals surface area (Å²) in [4.78, 5) is 0.0437. The van der Waals surface area contributed by atoms with E-state index < -0.39 is 16.1 Å². The van der Waals surface area contributed by atoms with E-state index in [9.17, 15) is 13.5 Å². The maximum atomic E-state index is 12.6. The topological polar surface area (TPSA) is 92.9 Å². The molecule has 106 valence electrons. The van der Waals surface area contributed by atoms with Crippen LogP contribution in [0.5, 0.6) is 0 Å². The molecule has 0 aromatic heterocycles. The Balaban J connectivity index is 2.43. The Bertz CT molecular complexity index is 564. The Kier molecular flexibility index (Phi) is 4.46. The van der Waals surface area contributed by atoms with E-state index in [2.05, 4.69) is 15.9 Å². The summed E-state index contributed by atoms with van der Waals surface area (Å²) in [7, 11) is -3.74. The molecule has 1 aromatic carbocycles. The standard InChI is InChI=1S/C11H15BrN2O4S/c12-8-1-2-10(13)11(5-8)19(16,17)14-3-4-18-7-9(14)6-15/h1-2,5,9,15H,3-4,6-7,13H2. The van der Waals surface area contributed by atoms with Crippen molar-refractivity contribution in [3.8, 4) is 0 Å². The van der Waals surface area contributed by atoms with E-state index in [0.29, 0.717) is 11.1 Å². The molecule has 8 heteroatoms. The Morgan fingerprint density at radius 2 is 2.26 bits per heavy atom. The largest absolute Gasteiger partial charge is 0.398 e. The molecule has 2 rings (SSSR count). The van der Waals surface area contributed by atoms with Gasteiger partial charge >= 0.3 is 0 Å². The first-order valence-corrected chi connectivity index (χ1v) is 7.95. The van der Waals surface area contributed by atoms with E-state index in [0.717, 1.165) is 0 Å². The van der Waals surface area contributed by atoms with Crippen LogP contribution < -0.4 is 5.73 Å². The van der Waals surface area contributed by atoms with E-state index >= 15 is 0 Å². The minimum Gasteiger partial charge on any atom is -0.398 e. The lowest BCUT2D eigenvalue weighted by molar-refractivity contribution is 0.0109. The molecular weight excluding hydrogens is 336 g/mol. The van der Waals surface area contributed by atoms with Crippen molar-refractivity contribution in [2.75, 3.05) is 32.1 Å². The Morgan fingerprint density at radius 1 is 1.53 bits per heavy atom. The van der Waals surface area contributed by atoms with Gasteiger partial charge in [-0.15, -0.1) is 0 Å². The molecule has 1 fully saturated rings. The summed E-state index contributed by atoms with van der Waals surface area (Å²) >= 11 is 3.23. The average molecular weight is 351 g/mol. The number of nitrogen functional groups attached to an aromatic ring is 1. The fourth-order valence-corrected chi connectivity index (χ4v) is 4.20. The van der Waals surface area contributed by atoms with Crippen LogP contribution in [0.15, 0.2) is 27.6 Å². The van der Waals surface area contributed by atoms with Gasteiger partial charge in [0.1, 0.15) is 4.90 Å². The number of sulfonamides is 1. The summed E-state index contributed by atoms with van der Waals surface area (Å²) in [6.07, 6.45) is 0. The third-order valence-corrected chi connectivity index (χ3v) is 5.45. The zero-order valence-electron chi connectivity index (χ0n) is 10.1. The number of aliphatic hydroxyl groups excluding tert-OH is 1. The third-order valence-electron chi connectivity index (χ3n) is 2.95. The molecule has 3 N–H and O–H groups in total. The lowest BCUT2D eigenvalue weighted by Crippen LogP contribution is -2.50. The van der Waals surface area contributed by atoms with Gasteiger partial charge < -0.3 is 15.6 Å². The SMILES string of the molecule is Nc1ccc(Br)cc1S(=O)(=O)N1CCOCC1CO. The van der Waals surface area contributed by atoms with Crippen LogP contribution in [0.1, 0.15) is 0 Å². The maximum absolute atomic E-state index is 12.6. The van der Waals surface area contributed by atoms with Crippen molar-refractivity contribution < 1.29 is 18.3 Å². The van der Waals surface area contributed by atoms with E-state index in [4.69, 9.17) is 10.5 Å². The number of aliphatic hydroxyl groups is 1. The predicted molar refractivity (Wildman–Crippen MR) is 74.1 cm³/mol. The van der Waals surface area contributed by atoms with Crippen molar-refractivity contribution >= 4 is 31.6 Å². The Labute approximate surface area is 120 Å². The second-order valence-corrected chi connectivity index (χ2v) is 6.98. The molecule has 6 nitrogen and oxygen atoms in total. The first-order chi connectivity index (χ1) is 8.96. The highest BCUT2D eigenvalue weighted by Gasteiger charge is 2.34. The third kappa shape index (κ3) is 2.92. The number of nitrogens with zero attached hydrogens (tertiary/aromatic N) is 1. The molecule has 1 unspecified atom stereocenters. The highest BCUT2D eigenvalue weighted by molar-refractivity contribution is 9.10. The van der Waals surface area contributed by atoms with Gasteiger partial charge in [0.2, 0.25) is 10.0 Å². The van der Waals surface area contributed by atoms with Crippen LogP contribution >= 0.6 is 15.9 Å². The molecule has 0 amide bonds. The molecule has 0 aliphatic carbocycles. The van der Waals surface area contributed by atoms with Crippen molar-refractivity contribution in [3.63, 3.8) is 0 Å². The fraction of sp³-hybridized carbons (Fsp3) is 0.455. The second-order valence-electron chi connectivity index (χ2n) is 4.21. The van der Waals surface area contributed by atoms with Crippen molar-refractivity contribution in [1.82, 2.24) is 4.31 Å². The summed E-state index contributed by atoms with van der Waals surface area (Å²) < 4.78 is 32.2. The number of morpholine rings is 1. The first-order valence-electron chi connectivity index (χ1n) is 5.72. The number of halogens is 1. The average Bonchev–Trinajstić information content (AvgIpc) is 2.41. The zero-order valence-corrected chi connectivity index (χ0v) is 12.5. The van der Waals surface area contributed by atoms with Crippen LogP contribution in [-0.4, -0.2) is 50.2 Å². The highest BCUT2D eigenvalue weighted by atomic mass is 79.9. The highest BCUT2D eigenvalue weighted by Crippen LogP contribution is 2.28. The monoisotopic (exact) mass is 350 g/mol. The van der Waals surface area contributed by atoms with Crippen molar-refractivity contribution in [1.29, 1.82) is 0 Å². The Hall–Kier alpha value is -0.670. The summed E-state index contributed by atoms with van der Waals surface area (Å²) in [5.41, 5.74) is 5.94. The summed E-state index contributed by atoms with van der Waals surface area (Å²) in [6, 6.07) is 4.11. The van der Waals surface area contributed by atoms with Gasteiger partial charge in [0, 0.05) is 11.0 Å². The van der Waals surface area contributed by atoms with Crippen LogP contribution in [0.4, 0.5) is 5.69 Å². The zero-order chi connectivity index (χ0) is 14.0. The molecular formula is C11H15BrN2O4S. The van der Waals surface area contributed by atoms with Crippen LogP contribution in [-0.2, 0) is 14.8 Å². The van der Waals surface area contributed by atoms with Crippen LogP contribution in [0.2, 0.25) is 0 Å². The number of nitrogens with two attached hydrogens (primary N) is 1. The molecule has 1 aromatic rings. The van der Waals surface area contributed by atoms with Gasteiger partial charge in [-0.05, 0) is 18.2 Å². The molecule has 0 bridgehead atoms. The summed E-state index contributed by atoms with van der Waals surface area (Å²) in [6.45, 7) is 0.417. The molecule has 1 saturated heterocycles. The van der Waals surface area contributed by atoms with Gasteiger partial charge in [0.05, 0.1) is 31.5 Å². The van der Waals surface area contributed by atoms with E-state index in [1.165, 1.54) is 16.4 Å². The van der Waals surface area contributed by atoms with Crippen LogP contribution in [0.25, 0.3) is 0 Å². The van der Waals surface area contributed by atoms with Gasteiger partial charge in [0.15, 0.2) is 0 Å². The van der Waals surface area contributed by atoms with Crippen LogP contribution in [0.3, 0.4) is 0 Å². The molecule has 0 radical (unpaired) electrons. The normalized spacial score (nSPS) is 21.5. The lowest BCUT2D eigenvalue weighted by Gasteiger charge is -2.33. The van der Waals surface area contributed by atoms with E-state index in [1.54, 1.807) is 6.07 Å². The molecule has 0 spiro atoms. The second kappa shape index (κ2) is 5.76. The predicted octanol–water partition coefficient (Wildman–Crippen LogP) is 0.413. The first kappa shape index (κ1) is 14.7. The van der Waals surface area contributed by atoms with Gasteiger partial charge in [-0.3, -0.25) is 0 Å². The minimum atomic E-state index is -3.74. The van der Waals surface area contributed by atoms with E-state index in [1.807, 2.05) is 0 Å². The fourth-order valence-electron chi connectivity index (χ4n) is 1.96. The van der Waals surface area contributed by atoms with Crippen molar-refractivity contribution in [3.05, 3.63) is 22.7 Å².